The van der Waals surface area contributed by atoms with Crippen molar-refractivity contribution in [1.82, 2.24) is 10.6 Å². The molecule has 0 aliphatic carbocycles. The van der Waals surface area contributed by atoms with Crippen LogP contribution in [0.15, 0.2) is 4.99 Å². The normalized spacial score (nSPS) is 11.1. The molecule has 5 heteroatoms. The molecule has 0 unspecified atom stereocenters. The summed E-state index contributed by atoms with van der Waals surface area (Å²) < 4.78 is 5.21. The smallest absolute Gasteiger partial charge is 0.191 e. The molecule has 0 radical (unpaired) electrons. The van der Waals surface area contributed by atoms with Crippen molar-refractivity contribution in [3.8, 4) is 0 Å². The monoisotopic (exact) mass is 329 g/mol. The highest BCUT2D eigenvalue weighted by atomic mass is 127. The summed E-state index contributed by atoms with van der Waals surface area (Å²) >= 11 is 0. The van der Waals surface area contributed by atoms with E-state index in [1.807, 2.05) is 6.92 Å². The van der Waals surface area contributed by atoms with E-state index in [2.05, 4.69) is 29.5 Å². The lowest BCUT2D eigenvalue weighted by atomic mass is 10.2. The van der Waals surface area contributed by atoms with Crippen molar-refractivity contribution >= 4 is 29.9 Å². The molecular weight excluding hydrogens is 305 g/mol. The Hall–Kier alpha value is -0.0400. The molecule has 0 rings (SSSR count). The molecule has 2 N–H and O–H groups in total. The largest absolute Gasteiger partial charge is 0.380 e. The standard InChI is InChI=1S/C10H23N3O.HI/c1-5-14-7-6-12-10(11-4)13-8-9(2)3;/h9H,5-8H2,1-4H3,(H2,11,12,13);1H. The zero-order valence-corrected chi connectivity index (χ0v) is 12.5. The van der Waals surface area contributed by atoms with E-state index >= 15 is 0 Å². The summed E-state index contributed by atoms with van der Waals surface area (Å²) in [4.78, 5) is 4.10. The molecule has 0 saturated carbocycles. The molecule has 0 spiro atoms. The van der Waals surface area contributed by atoms with Gasteiger partial charge in [0.1, 0.15) is 0 Å². The third-order valence-corrected chi connectivity index (χ3v) is 1.64. The van der Waals surface area contributed by atoms with Crippen LogP contribution in [0.5, 0.6) is 0 Å². The van der Waals surface area contributed by atoms with Gasteiger partial charge in [-0.2, -0.15) is 0 Å². The fraction of sp³-hybridized carbons (Fsp3) is 0.900. The summed E-state index contributed by atoms with van der Waals surface area (Å²) in [6.07, 6.45) is 0. The summed E-state index contributed by atoms with van der Waals surface area (Å²) in [5, 5.41) is 6.40. The molecule has 92 valence electrons. The average molecular weight is 329 g/mol. The number of aliphatic imine (C=N–C) groups is 1. The van der Waals surface area contributed by atoms with E-state index in [0.717, 1.165) is 32.3 Å². The summed E-state index contributed by atoms with van der Waals surface area (Å²) in [7, 11) is 1.77. The molecular formula is C10H24IN3O. The predicted molar refractivity (Wildman–Crippen MR) is 76.1 cm³/mol. The van der Waals surface area contributed by atoms with Crippen molar-refractivity contribution in [2.24, 2.45) is 10.9 Å². The number of rotatable bonds is 6. The summed E-state index contributed by atoms with van der Waals surface area (Å²) in [6, 6.07) is 0. The number of nitrogens with zero attached hydrogens (tertiary/aromatic N) is 1. The maximum Gasteiger partial charge on any atom is 0.191 e. The number of hydrogen-bond donors (Lipinski definition) is 2. The molecule has 0 fully saturated rings. The Labute approximate surface area is 110 Å². The zero-order valence-electron chi connectivity index (χ0n) is 10.2. The topological polar surface area (TPSA) is 45.6 Å². The molecule has 0 aliphatic rings. The highest BCUT2D eigenvalue weighted by Crippen LogP contribution is 1.86. The van der Waals surface area contributed by atoms with Crippen LogP contribution in [-0.2, 0) is 4.74 Å². The number of guanidine groups is 1. The van der Waals surface area contributed by atoms with E-state index in [9.17, 15) is 0 Å². The van der Waals surface area contributed by atoms with E-state index in [1.54, 1.807) is 7.05 Å². The minimum Gasteiger partial charge on any atom is -0.380 e. The number of hydrogen-bond acceptors (Lipinski definition) is 2. The minimum absolute atomic E-state index is 0. The first kappa shape index (κ1) is 17.4. The van der Waals surface area contributed by atoms with E-state index in [-0.39, 0.29) is 24.0 Å². The van der Waals surface area contributed by atoms with Crippen molar-refractivity contribution in [2.45, 2.75) is 20.8 Å². The van der Waals surface area contributed by atoms with E-state index in [1.165, 1.54) is 0 Å². The summed E-state index contributed by atoms with van der Waals surface area (Å²) in [5.41, 5.74) is 0. The first-order chi connectivity index (χ1) is 6.70. The van der Waals surface area contributed by atoms with Crippen LogP contribution in [0.2, 0.25) is 0 Å². The molecule has 0 bridgehead atoms. The van der Waals surface area contributed by atoms with Crippen LogP contribution in [-0.4, -0.2) is 39.3 Å². The average Bonchev–Trinajstić information content (AvgIpc) is 2.16. The van der Waals surface area contributed by atoms with E-state index in [4.69, 9.17) is 4.74 Å². The third-order valence-electron chi connectivity index (χ3n) is 1.64. The predicted octanol–water partition coefficient (Wildman–Crippen LogP) is 1.46. The Morgan fingerprint density at radius 1 is 1.33 bits per heavy atom. The van der Waals surface area contributed by atoms with Crippen molar-refractivity contribution in [1.29, 1.82) is 0 Å². The Bertz CT molecular complexity index is 163. The van der Waals surface area contributed by atoms with E-state index in [0.29, 0.717) is 5.92 Å². The molecule has 0 atom stereocenters. The van der Waals surface area contributed by atoms with Crippen LogP contribution in [0.25, 0.3) is 0 Å². The maximum absolute atomic E-state index is 5.21. The van der Waals surface area contributed by atoms with Gasteiger partial charge < -0.3 is 15.4 Å². The molecule has 0 heterocycles. The van der Waals surface area contributed by atoms with Gasteiger partial charge in [-0.15, -0.1) is 24.0 Å². The molecule has 0 aromatic heterocycles. The van der Waals surface area contributed by atoms with Crippen LogP contribution in [0, 0.1) is 5.92 Å². The van der Waals surface area contributed by atoms with Crippen molar-refractivity contribution in [3.05, 3.63) is 0 Å². The highest BCUT2D eigenvalue weighted by molar-refractivity contribution is 14.0. The van der Waals surface area contributed by atoms with Gasteiger partial charge in [0.25, 0.3) is 0 Å². The molecule has 0 amide bonds. The van der Waals surface area contributed by atoms with Crippen molar-refractivity contribution in [2.75, 3.05) is 33.4 Å². The molecule has 4 nitrogen and oxygen atoms in total. The second-order valence-electron chi connectivity index (χ2n) is 3.47. The quantitative estimate of drug-likeness (QED) is 0.336. The van der Waals surface area contributed by atoms with Gasteiger partial charge in [0.05, 0.1) is 6.61 Å². The van der Waals surface area contributed by atoms with Crippen molar-refractivity contribution < 1.29 is 4.74 Å². The second-order valence-corrected chi connectivity index (χ2v) is 3.47. The van der Waals surface area contributed by atoms with Gasteiger partial charge in [-0.25, -0.2) is 0 Å². The molecule has 15 heavy (non-hydrogen) atoms. The van der Waals surface area contributed by atoms with Gasteiger partial charge in [-0.05, 0) is 12.8 Å². The first-order valence-electron chi connectivity index (χ1n) is 5.23. The van der Waals surface area contributed by atoms with Gasteiger partial charge in [-0.1, -0.05) is 13.8 Å². The number of nitrogens with one attached hydrogen (secondary N) is 2. The number of halogens is 1. The van der Waals surface area contributed by atoms with Gasteiger partial charge in [-0.3, -0.25) is 4.99 Å². The third kappa shape index (κ3) is 11.9. The van der Waals surface area contributed by atoms with Crippen LogP contribution in [0.3, 0.4) is 0 Å². The minimum atomic E-state index is 0. The lowest BCUT2D eigenvalue weighted by Crippen LogP contribution is -2.40. The van der Waals surface area contributed by atoms with Crippen LogP contribution in [0.1, 0.15) is 20.8 Å². The Kier molecular flexibility index (Phi) is 13.9. The van der Waals surface area contributed by atoms with Crippen LogP contribution >= 0.6 is 24.0 Å². The Balaban J connectivity index is 0. The van der Waals surface area contributed by atoms with Gasteiger partial charge >= 0.3 is 0 Å². The molecule has 0 saturated heterocycles. The number of ether oxygens (including phenoxy) is 1. The van der Waals surface area contributed by atoms with Gasteiger partial charge in [0, 0.05) is 26.7 Å². The molecule has 0 aromatic rings. The van der Waals surface area contributed by atoms with Gasteiger partial charge in [0.2, 0.25) is 0 Å². The molecule has 0 aromatic carbocycles. The first-order valence-corrected chi connectivity index (χ1v) is 5.23. The maximum atomic E-state index is 5.21. The zero-order chi connectivity index (χ0) is 10.8. The Morgan fingerprint density at radius 3 is 2.47 bits per heavy atom. The fourth-order valence-electron chi connectivity index (χ4n) is 0.907. The SMILES string of the molecule is CCOCCNC(=NC)NCC(C)C.I. The summed E-state index contributed by atoms with van der Waals surface area (Å²) in [6.45, 7) is 9.55. The van der Waals surface area contributed by atoms with Crippen LogP contribution < -0.4 is 10.6 Å². The fourth-order valence-corrected chi connectivity index (χ4v) is 0.907. The van der Waals surface area contributed by atoms with Crippen molar-refractivity contribution in [3.63, 3.8) is 0 Å². The summed E-state index contributed by atoms with van der Waals surface area (Å²) in [5.74, 6) is 1.47. The van der Waals surface area contributed by atoms with Crippen LogP contribution in [0.4, 0.5) is 0 Å². The lowest BCUT2D eigenvalue weighted by Gasteiger charge is -2.13. The Morgan fingerprint density at radius 2 is 2.00 bits per heavy atom. The second kappa shape index (κ2) is 12.0. The van der Waals surface area contributed by atoms with Gasteiger partial charge in [0.15, 0.2) is 5.96 Å². The molecule has 0 aliphatic heterocycles. The highest BCUT2D eigenvalue weighted by Gasteiger charge is 1.97. The lowest BCUT2D eigenvalue weighted by molar-refractivity contribution is 0.152. The van der Waals surface area contributed by atoms with E-state index < -0.39 is 0 Å².